The molecule has 0 aliphatic carbocycles. The summed E-state index contributed by atoms with van der Waals surface area (Å²) in [4.78, 5) is 3.84. The summed E-state index contributed by atoms with van der Waals surface area (Å²) < 4.78 is 41.7. The predicted molar refractivity (Wildman–Crippen MR) is 76.8 cm³/mol. The van der Waals surface area contributed by atoms with Gasteiger partial charge in [-0.2, -0.15) is 12.8 Å². The third-order valence-corrected chi connectivity index (χ3v) is 4.22. The molecule has 2 aromatic rings. The molecular weight excluding hydrogens is 293 g/mol. The van der Waals surface area contributed by atoms with E-state index in [4.69, 9.17) is 4.18 Å². The summed E-state index contributed by atoms with van der Waals surface area (Å²) in [6, 6.07) is 11.0. The van der Waals surface area contributed by atoms with Crippen molar-refractivity contribution in [2.24, 2.45) is 0 Å². The van der Waals surface area contributed by atoms with E-state index in [1.54, 1.807) is 24.3 Å². The maximum atomic E-state index is 12.9. The van der Waals surface area contributed by atoms with Gasteiger partial charge in [0, 0.05) is 5.69 Å². The van der Waals surface area contributed by atoms with Crippen LogP contribution in [0.25, 0.3) is 0 Å². The van der Waals surface area contributed by atoms with Crippen molar-refractivity contribution in [3.8, 4) is 0 Å². The number of nitrogens with zero attached hydrogens (tertiary/aromatic N) is 1. The van der Waals surface area contributed by atoms with Crippen LogP contribution in [0.5, 0.6) is 0 Å². The first-order chi connectivity index (χ1) is 9.97. The highest BCUT2D eigenvalue weighted by Crippen LogP contribution is 2.13. The Morgan fingerprint density at radius 1 is 1.14 bits per heavy atom. The van der Waals surface area contributed by atoms with Crippen LogP contribution in [0.2, 0.25) is 0 Å². The second-order valence-corrected chi connectivity index (χ2v) is 6.26. The standard InChI is InChI=1S/C15H16FNO3S/c1-12-7-9-14(10-8-12)21(18,19)20-11-3-5-13-4-2-6-15(16)17-13/h2,4,6-10H,3,5,11H2,1H3. The molecule has 0 saturated heterocycles. The maximum absolute atomic E-state index is 12.9. The molecule has 1 heterocycles. The van der Waals surface area contributed by atoms with Gasteiger partial charge < -0.3 is 0 Å². The summed E-state index contributed by atoms with van der Waals surface area (Å²) in [7, 11) is -3.73. The SMILES string of the molecule is Cc1ccc(S(=O)(=O)OCCCc2cccc(F)n2)cc1. The molecule has 6 heteroatoms. The van der Waals surface area contributed by atoms with E-state index in [0.717, 1.165) is 5.56 Å². The Hall–Kier alpha value is -1.79. The zero-order valence-electron chi connectivity index (χ0n) is 11.6. The molecule has 0 amide bonds. The van der Waals surface area contributed by atoms with Crippen molar-refractivity contribution in [3.05, 3.63) is 59.7 Å². The Morgan fingerprint density at radius 3 is 2.52 bits per heavy atom. The van der Waals surface area contributed by atoms with Gasteiger partial charge in [0.2, 0.25) is 5.95 Å². The van der Waals surface area contributed by atoms with E-state index in [2.05, 4.69) is 4.98 Å². The maximum Gasteiger partial charge on any atom is 0.296 e. The van der Waals surface area contributed by atoms with Crippen molar-refractivity contribution in [1.29, 1.82) is 0 Å². The van der Waals surface area contributed by atoms with E-state index >= 15 is 0 Å². The first-order valence-electron chi connectivity index (χ1n) is 6.55. The summed E-state index contributed by atoms with van der Waals surface area (Å²) >= 11 is 0. The smallest absolute Gasteiger partial charge is 0.266 e. The summed E-state index contributed by atoms with van der Waals surface area (Å²) in [5, 5.41) is 0. The van der Waals surface area contributed by atoms with Crippen molar-refractivity contribution in [3.63, 3.8) is 0 Å². The van der Waals surface area contributed by atoms with E-state index in [9.17, 15) is 12.8 Å². The van der Waals surface area contributed by atoms with Crippen LogP contribution in [0.3, 0.4) is 0 Å². The minimum Gasteiger partial charge on any atom is -0.266 e. The van der Waals surface area contributed by atoms with Gasteiger partial charge in [0.05, 0.1) is 11.5 Å². The first kappa shape index (κ1) is 15.6. The van der Waals surface area contributed by atoms with Crippen LogP contribution >= 0.6 is 0 Å². The summed E-state index contributed by atoms with van der Waals surface area (Å²) in [5.74, 6) is -0.541. The molecule has 112 valence electrons. The van der Waals surface area contributed by atoms with Crippen molar-refractivity contribution in [2.75, 3.05) is 6.61 Å². The Kier molecular flexibility index (Phi) is 5.03. The lowest BCUT2D eigenvalue weighted by Crippen LogP contribution is -2.08. The van der Waals surface area contributed by atoms with Crippen molar-refractivity contribution in [1.82, 2.24) is 4.98 Å². The molecule has 0 saturated carbocycles. The lowest BCUT2D eigenvalue weighted by atomic mass is 10.2. The van der Waals surface area contributed by atoms with E-state index in [1.807, 2.05) is 6.92 Å². The average Bonchev–Trinajstić information content (AvgIpc) is 2.44. The third-order valence-electron chi connectivity index (χ3n) is 2.90. The molecule has 0 aliphatic heterocycles. The van der Waals surface area contributed by atoms with Crippen LogP contribution in [0, 0.1) is 12.9 Å². The van der Waals surface area contributed by atoms with Crippen molar-refractivity contribution in [2.45, 2.75) is 24.7 Å². The van der Waals surface area contributed by atoms with Crippen LogP contribution in [-0.2, 0) is 20.7 Å². The molecular formula is C15H16FNO3S. The highest BCUT2D eigenvalue weighted by molar-refractivity contribution is 7.86. The van der Waals surface area contributed by atoms with Gasteiger partial charge >= 0.3 is 0 Å². The molecule has 0 radical (unpaired) electrons. The monoisotopic (exact) mass is 309 g/mol. The highest BCUT2D eigenvalue weighted by atomic mass is 32.2. The second-order valence-electron chi connectivity index (χ2n) is 4.64. The lowest BCUT2D eigenvalue weighted by Gasteiger charge is -2.06. The van der Waals surface area contributed by atoms with E-state index in [0.29, 0.717) is 18.5 Å². The van der Waals surface area contributed by atoms with Gasteiger partial charge in [-0.1, -0.05) is 23.8 Å². The molecule has 0 unspecified atom stereocenters. The van der Waals surface area contributed by atoms with Gasteiger partial charge in [0.15, 0.2) is 0 Å². The molecule has 0 spiro atoms. The first-order valence-corrected chi connectivity index (χ1v) is 7.96. The van der Waals surface area contributed by atoms with Crippen LogP contribution in [-0.4, -0.2) is 20.0 Å². The van der Waals surface area contributed by atoms with Crippen molar-refractivity contribution >= 4 is 10.1 Å². The number of halogens is 1. The molecule has 0 atom stereocenters. The number of benzene rings is 1. The van der Waals surface area contributed by atoms with Crippen molar-refractivity contribution < 1.29 is 17.0 Å². The third kappa shape index (κ3) is 4.61. The van der Waals surface area contributed by atoms with Gasteiger partial charge in [0.1, 0.15) is 0 Å². The summed E-state index contributed by atoms with van der Waals surface area (Å²) in [5.41, 5.74) is 1.55. The average molecular weight is 309 g/mol. The quantitative estimate of drug-likeness (QED) is 0.468. The zero-order chi connectivity index (χ0) is 15.3. The van der Waals surface area contributed by atoms with Gasteiger partial charge in [0.25, 0.3) is 10.1 Å². The summed E-state index contributed by atoms with van der Waals surface area (Å²) in [6.45, 7) is 1.91. The van der Waals surface area contributed by atoms with Crippen LogP contribution in [0.4, 0.5) is 4.39 Å². The molecule has 0 fully saturated rings. The second kappa shape index (κ2) is 6.78. The number of pyridine rings is 1. The Morgan fingerprint density at radius 2 is 1.86 bits per heavy atom. The molecule has 0 bridgehead atoms. The van der Waals surface area contributed by atoms with Gasteiger partial charge in [-0.05, 0) is 44.0 Å². The molecule has 21 heavy (non-hydrogen) atoms. The molecule has 2 rings (SSSR count). The topological polar surface area (TPSA) is 56.3 Å². The van der Waals surface area contributed by atoms with Gasteiger partial charge in [-0.3, -0.25) is 4.18 Å². The Bertz CT molecular complexity index is 699. The van der Waals surface area contributed by atoms with Gasteiger partial charge in [-0.25, -0.2) is 4.98 Å². The number of aromatic nitrogens is 1. The predicted octanol–water partition coefficient (Wildman–Crippen LogP) is 2.87. The van der Waals surface area contributed by atoms with E-state index in [-0.39, 0.29) is 11.5 Å². The molecule has 1 aromatic carbocycles. The Balaban J connectivity index is 1.86. The van der Waals surface area contributed by atoms with E-state index in [1.165, 1.54) is 18.2 Å². The minimum absolute atomic E-state index is 0.0361. The number of rotatable bonds is 6. The van der Waals surface area contributed by atoms with Gasteiger partial charge in [-0.15, -0.1) is 0 Å². The summed E-state index contributed by atoms with van der Waals surface area (Å²) in [6.07, 6.45) is 0.905. The normalized spacial score (nSPS) is 11.5. The number of aryl methyl sites for hydroxylation is 2. The fraction of sp³-hybridized carbons (Fsp3) is 0.267. The number of hydrogen-bond acceptors (Lipinski definition) is 4. The zero-order valence-corrected chi connectivity index (χ0v) is 12.4. The molecule has 4 nitrogen and oxygen atoms in total. The largest absolute Gasteiger partial charge is 0.296 e. The molecule has 0 N–H and O–H groups in total. The minimum atomic E-state index is -3.73. The van der Waals surface area contributed by atoms with Crippen LogP contribution in [0.1, 0.15) is 17.7 Å². The lowest BCUT2D eigenvalue weighted by molar-refractivity contribution is 0.311. The molecule has 0 aliphatic rings. The Labute approximate surface area is 123 Å². The van der Waals surface area contributed by atoms with Crippen LogP contribution in [0.15, 0.2) is 47.4 Å². The van der Waals surface area contributed by atoms with Crippen LogP contribution < -0.4 is 0 Å². The fourth-order valence-corrected chi connectivity index (χ4v) is 2.73. The highest BCUT2D eigenvalue weighted by Gasteiger charge is 2.14. The van der Waals surface area contributed by atoms with E-state index < -0.39 is 16.1 Å². The number of hydrogen-bond donors (Lipinski definition) is 0. The molecule has 1 aromatic heterocycles. The fourth-order valence-electron chi connectivity index (χ4n) is 1.78.